The van der Waals surface area contributed by atoms with Gasteiger partial charge in [-0.2, -0.15) is 0 Å². The zero-order valence-corrected chi connectivity index (χ0v) is 14.1. The molecule has 1 aliphatic rings. The van der Waals surface area contributed by atoms with E-state index in [4.69, 9.17) is 11.6 Å². The molecule has 2 aromatic carbocycles. The first-order chi connectivity index (χ1) is 12.5. The Bertz CT molecular complexity index is 991. The molecule has 0 spiro atoms. The molecule has 4 rings (SSSR count). The van der Waals surface area contributed by atoms with Crippen LogP contribution >= 0.6 is 11.6 Å². The van der Waals surface area contributed by atoms with Crippen LogP contribution in [0.4, 0.5) is 18.9 Å². The zero-order chi connectivity index (χ0) is 18.4. The lowest BCUT2D eigenvalue weighted by Gasteiger charge is -2.27. The Morgan fingerprint density at radius 1 is 1.00 bits per heavy atom. The fourth-order valence-corrected chi connectivity index (χ4v) is 3.47. The third-order valence-corrected chi connectivity index (χ3v) is 4.71. The average molecular weight is 377 g/mol. The van der Waals surface area contributed by atoms with Gasteiger partial charge < -0.3 is 9.88 Å². The number of rotatable bonds is 2. The molecule has 0 radical (unpaired) electrons. The van der Waals surface area contributed by atoms with E-state index in [1.165, 1.54) is 24.3 Å². The van der Waals surface area contributed by atoms with Gasteiger partial charge in [-0.1, -0.05) is 23.7 Å². The quantitative estimate of drug-likeness (QED) is 0.674. The van der Waals surface area contributed by atoms with Crippen molar-refractivity contribution in [1.29, 1.82) is 0 Å². The van der Waals surface area contributed by atoms with Crippen LogP contribution in [0.1, 0.15) is 16.1 Å². The van der Waals surface area contributed by atoms with Gasteiger partial charge in [-0.15, -0.1) is 0 Å². The molecule has 1 aromatic heterocycles. The minimum Gasteiger partial charge on any atom is -0.358 e. The number of halogens is 4. The van der Waals surface area contributed by atoms with E-state index in [0.717, 1.165) is 17.0 Å². The molecule has 7 heteroatoms. The lowest BCUT2D eigenvalue weighted by atomic mass is 10.1. The van der Waals surface area contributed by atoms with Crippen molar-refractivity contribution in [3.8, 4) is 11.3 Å². The smallest absolute Gasteiger partial charge is 0.260 e. The van der Waals surface area contributed by atoms with Crippen molar-refractivity contribution in [2.75, 3.05) is 11.4 Å². The van der Waals surface area contributed by atoms with Gasteiger partial charge in [0, 0.05) is 18.7 Å². The number of hydrogen-bond acceptors (Lipinski definition) is 1. The highest BCUT2D eigenvalue weighted by Gasteiger charge is 2.31. The molecule has 0 unspecified atom stereocenters. The lowest BCUT2D eigenvalue weighted by Crippen LogP contribution is -2.38. The first-order valence-corrected chi connectivity index (χ1v) is 8.27. The van der Waals surface area contributed by atoms with Crippen LogP contribution in [0.15, 0.2) is 42.5 Å². The lowest BCUT2D eigenvalue weighted by molar-refractivity contribution is 0.0978. The topological polar surface area (TPSA) is 36.1 Å². The molecular weight excluding hydrogens is 365 g/mol. The SMILES string of the molecule is O=C1c2cc(-c3c(F)cccc3Cl)[nH]c2CCN1c1c(F)cccc1F. The molecule has 0 aliphatic carbocycles. The Balaban J connectivity index is 1.78. The number of anilines is 1. The summed E-state index contributed by atoms with van der Waals surface area (Å²) in [6.45, 7) is 0.106. The van der Waals surface area contributed by atoms with Crippen molar-refractivity contribution in [3.05, 3.63) is 76.2 Å². The van der Waals surface area contributed by atoms with E-state index < -0.39 is 23.4 Å². The van der Waals surface area contributed by atoms with E-state index in [2.05, 4.69) is 4.98 Å². The number of amides is 1. The average Bonchev–Trinajstić information content (AvgIpc) is 3.01. The molecular formula is C19H12ClF3N2O. The molecule has 0 fully saturated rings. The van der Waals surface area contributed by atoms with Gasteiger partial charge in [0.15, 0.2) is 0 Å². The zero-order valence-electron chi connectivity index (χ0n) is 13.3. The highest BCUT2D eigenvalue weighted by atomic mass is 35.5. The number of fused-ring (bicyclic) bond motifs is 1. The molecule has 0 saturated carbocycles. The largest absolute Gasteiger partial charge is 0.358 e. The van der Waals surface area contributed by atoms with Crippen LogP contribution in [0.5, 0.6) is 0 Å². The first-order valence-electron chi connectivity index (χ1n) is 7.89. The Morgan fingerprint density at radius 3 is 2.35 bits per heavy atom. The van der Waals surface area contributed by atoms with Crippen LogP contribution in [0, 0.1) is 17.5 Å². The van der Waals surface area contributed by atoms with Crippen molar-refractivity contribution in [3.63, 3.8) is 0 Å². The monoisotopic (exact) mass is 376 g/mol. The van der Waals surface area contributed by atoms with Crippen LogP contribution in [-0.4, -0.2) is 17.4 Å². The summed E-state index contributed by atoms with van der Waals surface area (Å²) < 4.78 is 42.2. The number of aromatic amines is 1. The van der Waals surface area contributed by atoms with Gasteiger partial charge in [0.05, 0.1) is 21.8 Å². The molecule has 26 heavy (non-hydrogen) atoms. The predicted octanol–water partition coefficient (Wildman–Crippen LogP) is 4.96. The van der Waals surface area contributed by atoms with Crippen molar-refractivity contribution >= 4 is 23.2 Å². The molecule has 3 nitrogen and oxygen atoms in total. The summed E-state index contributed by atoms with van der Waals surface area (Å²) in [6, 6.07) is 9.20. The van der Waals surface area contributed by atoms with Gasteiger partial charge in [0.1, 0.15) is 23.1 Å². The van der Waals surface area contributed by atoms with E-state index in [9.17, 15) is 18.0 Å². The van der Waals surface area contributed by atoms with Crippen molar-refractivity contribution in [2.45, 2.75) is 6.42 Å². The van der Waals surface area contributed by atoms with Gasteiger partial charge in [-0.3, -0.25) is 4.79 Å². The molecule has 2 heterocycles. The minimum atomic E-state index is -0.810. The van der Waals surface area contributed by atoms with E-state index >= 15 is 0 Å². The number of aromatic nitrogens is 1. The summed E-state index contributed by atoms with van der Waals surface area (Å²) >= 11 is 6.08. The second kappa shape index (κ2) is 6.21. The van der Waals surface area contributed by atoms with Crippen LogP contribution in [0.2, 0.25) is 5.02 Å². The first kappa shape index (κ1) is 16.7. The van der Waals surface area contributed by atoms with Gasteiger partial charge in [0.2, 0.25) is 0 Å². The highest BCUT2D eigenvalue weighted by molar-refractivity contribution is 6.33. The molecule has 1 amide bonds. The van der Waals surface area contributed by atoms with Crippen LogP contribution < -0.4 is 4.90 Å². The Labute approximate surface area is 152 Å². The normalized spacial score (nSPS) is 13.8. The number of benzene rings is 2. The number of hydrogen-bond donors (Lipinski definition) is 1. The Morgan fingerprint density at radius 2 is 1.65 bits per heavy atom. The standard InChI is InChI=1S/C19H12ClF3N2O/c20-11-3-1-4-12(21)17(11)16-9-10-15(24-16)7-8-25(19(10)26)18-13(22)5-2-6-14(18)23/h1-6,9,24H,7-8H2. The number of H-pyrrole nitrogens is 1. The molecule has 3 aromatic rings. The second-order valence-corrected chi connectivity index (χ2v) is 6.36. The van der Waals surface area contributed by atoms with Gasteiger partial charge >= 0.3 is 0 Å². The van der Waals surface area contributed by atoms with Crippen molar-refractivity contribution < 1.29 is 18.0 Å². The van der Waals surface area contributed by atoms with E-state index in [1.807, 2.05) is 0 Å². The maximum atomic E-state index is 14.1. The number of para-hydroxylation sites is 1. The summed E-state index contributed by atoms with van der Waals surface area (Å²) in [5.74, 6) is -2.70. The van der Waals surface area contributed by atoms with Gasteiger partial charge in [0.25, 0.3) is 5.91 Å². The van der Waals surface area contributed by atoms with Gasteiger partial charge in [-0.25, -0.2) is 13.2 Å². The molecule has 0 saturated heterocycles. The minimum absolute atomic E-state index is 0.106. The van der Waals surface area contributed by atoms with E-state index in [-0.39, 0.29) is 28.4 Å². The van der Waals surface area contributed by atoms with Gasteiger partial charge in [-0.05, 0) is 30.3 Å². The maximum Gasteiger partial charge on any atom is 0.260 e. The maximum absolute atomic E-state index is 14.1. The predicted molar refractivity (Wildman–Crippen MR) is 92.9 cm³/mol. The fourth-order valence-electron chi connectivity index (χ4n) is 3.21. The van der Waals surface area contributed by atoms with Crippen molar-refractivity contribution in [1.82, 2.24) is 4.98 Å². The Kier molecular flexibility index (Phi) is 4.00. The number of nitrogens with one attached hydrogen (secondary N) is 1. The number of carbonyl (C=O) groups is 1. The molecule has 1 N–H and O–H groups in total. The summed E-state index contributed by atoms with van der Waals surface area (Å²) in [5, 5.41) is 0.202. The third-order valence-electron chi connectivity index (χ3n) is 4.40. The van der Waals surface area contributed by atoms with Crippen LogP contribution in [0.25, 0.3) is 11.3 Å². The third kappa shape index (κ3) is 2.57. The summed E-state index contributed by atoms with van der Waals surface area (Å²) in [6.07, 6.45) is 0.348. The van der Waals surface area contributed by atoms with Crippen LogP contribution in [0.3, 0.4) is 0 Å². The molecule has 0 bridgehead atoms. The Hall–Kier alpha value is -2.73. The molecule has 0 atom stereocenters. The molecule has 1 aliphatic heterocycles. The summed E-state index contributed by atoms with van der Waals surface area (Å²) in [5.41, 5.74) is 0.947. The van der Waals surface area contributed by atoms with E-state index in [0.29, 0.717) is 17.8 Å². The number of nitrogens with zero attached hydrogens (tertiary/aromatic N) is 1. The summed E-state index contributed by atoms with van der Waals surface area (Å²) in [7, 11) is 0. The van der Waals surface area contributed by atoms with Crippen molar-refractivity contribution in [2.24, 2.45) is 0 Å². The summed E-state index contributed by atoms with van der Waals surface area (Å²) in [4.78, 5) is 16.8. The molecule has 132 valence electrons. The van der Waals surface area contributed by atoms with E-state index in [1.54, 1.807) is 6.07 Å². The highest BCUT2D eigenvalue weighted by Crippen LogP contribution is 2.34. The fraction of sp³-hybridized carbons (Fsp3) is 0.105. The van der Waals surface area contributed by atoms with Crippen LogP contribution in [-0.2, 0) is 6.42 Å². The number of carbonyl (C=O) groups excluding carboxylic acids is 1. The second-order valence-electron chi connectivity index (χ2n) is 5.95.